The van der Waals surface area contributed by atoms with Gasteiger partial charge in [0.25, 0.3) is 5.91 Å². The molecular formula is C14H15ClN2O4. The lowest BCUT2D eigenvalue weighted by atomic mass is 10.1. The van der Waals surface area contributed by atoms with Crippen LogP contribution in [0.4, 0.5) is 0 Å². The molecule has 0 bridgehead atoms. The average Bonchev–Trinajstić information content (AvgIpc) is 2.40. The lowest BCUT2D eigenvalue weighted by molar-refractivity contribution is -0.142. The van der Waals surface area contributed by atoms with Gasteiger partial charge in [0.2, 0.25) is 5.91 Å². The fraction of sp³-hybridized carbons (Fsp3) is 0.357. The van der Waals surface area contributed by atoms with E-state index in [1.54, 1.807) is 18.2 Å². The first-order valence-corrected chi connectivity index (χ1v) is 6.84. The first-order valence-electron chi connectivity index (χ1n) is 6.47. The van der Waals surface area contributed by atoms with Gasteiger partial charge in [-0.1, -0.05) is 17.7 Å². The molecule has 0 aromatic heterocycles. The summed E-state index contributed by atoms with van der Waals surface area (Å²) in [5.74, 6) is -2.02. The summed E-state index contributed by atoms with van der Waals surface area (Å²) in [4.78, 5) is 36.5. The second-order valence-corrected chi connectivity index (χ2v) is 5.29. The molecule has 0 aliphatic carbocycles. The Morgan fingerprint density at radius 2 is 2.19 bits per heavy atom. The summed E-state index contributed by atoms with van der Waals surface area (Å²) in [5, 5.41) is 11.8. The molecular weight excluding hydrogens is 296 g/mol. The van der Waals surface area contributed by atoms with Crippen LogP contribution in [-0.2, 0) is 9.59 Å². The van der Waals surface area contributed by atoms with E-state index in [1.807, 2.05) is 6.92 Å². The van der Waals surface area contributed by atoms with E-state index in [4.69, 9.17) is 16.7 Å². The predicted molar refractivity (Wildman–Crippen MR) is 76.3 cm³/mol. The Morgan fingerprint density at radius 1 is 1.48 bits per heavy atom. The summed E-state index contributed by atoms with van der Waals surface area (Å²) in [5.41, 5.74) is 1.18. The second kappa shape index (κ2) is 6.13. The molecule has 0 saturated carbocycles. The molecule has 1 aliphatic heterocycles. The molecule has 2 rings (SSSR count). The largest absolute Gasteiger partial charge is 0.481 e. The van der Waals surface area contributed by atoms with Crippen molar-refractivity contribution in [3.8, 4) is 0 Å². The number of benzene rings is 1. The van der Waals surface area contributed by atoms with E-state index < -0.39 is 30.2 Å². The molecule has 0 radical (unpaired) electrons. The van der Waals surface area contributed by atoms with Gasteiger partial charge >= 0.3 is 5.97 Å². The molecule has 1 fully saturated rings. The van der Waals surface area contributed by atoms with E-state index in [-0.39, 0.29) is 12.1 Å². The molecule has 1 aromatic carbocycles. The van der Waals surface area contributed by atoms with Crippen molar-refractivity contribution >= 4 is 29.4 Å². The minimum Gasteiger partial charge on any atom is -0.481 e. The number of aryl methyl sites for hydroxylation is 1. The van der Waals surface area contributed by atoms with Gasteiger partial charge in [-0.3, -0.25) is 14.4 Å². The molecule has 1 unspecified atom stereocenters. The van der Waals surface area contributed by atoms with Crippen LogP contribution in [0.1, 0.15) is 22.3 Å². The van der Waals surface area contributed by atoms with Crippen LogP contribution in [0.3, 0.4) is 0 Å². The van der Waals surface area contributed by atoms with E-state index in [9.17, 15) is 14.4 Å². The number of nitrogens with one attached hydrogen (secondary N) is 1. The fourth-order valence-electron chi connectivity index (χ4n) is 2.27. The first kappa shape index (κ1) is 15.3. The molecule has 7 heteroatoms. The molecule has 1 aromatic rings. The topological polar surface area (TPSA) is 86.7 Å². The van der Waals surface area contributed by atoms with Gasteiger partial charge in [-0.15, -0.1) is 0 Å². The van der Waals surface area contributed by atoms with Crippen LogP contribution in [0.2, 0.25) is 5.02 Å². The smallest absolute Gasteiger partial charge is 0.305 e. The highest BCUT2D eigenvalue weighted by Crippen LogP contribution is 2.22. The van der Waals surface area contributed by atoms with E-state index in [2.05, 4.69) is 5.32 Å². The molecule has 1 saturated heterocycles. The molecule has 0 spiro atoms. The van der Waals surface area contributed by atoms with E-state index >= 15 is 0 Å². The van der Waals surface area contributed by atoms with Crippen molar-refractivity contribution in [1.82, 2.24) is 10.2 Å². The summed E-state index contributed by atoms with van der Waals surface area (Å²) >= 11 is 6.07. The molecule has 21 heavy (non-hydrogen) atoms. The molecule has 2 N–H and O–H groups in total. The zero-order chi connectivity index (χ0) is 15.6. The van der Waals surface area contributed by atoms with Crippen molar-refractivity contribution < 1.29 is 19.5 Å². The standard InChI is InChI=1S/C14H15ClN2O4/c1-8-2-3-9(10(15)6-8)14(21)17-5-4-16-13(20)11(17)7-12(18)19/h2-3,6,11H,4-5,7H2,1H3,(H,16,20)(H,18,19). The van der Waals surface area contributed by atoms with Gasteiger partial charge in [0.1, 0.15) is 6.04 Å². The number of aliphatic carboxylic acids is 1. The maximum Gasteiger partial charge on any atom is 0.305 e. The SMILES string of the molecule is Cc1ccc(C(=O)N2CCNC(=O)C2CC(=O)O)c(Cl)c1. The van der Waals surface area contributed by atoms with Gasteiger partial charge in [-0.2, -0.15) is 0 Å². The van der Waals surface area contributed by atoms with Crippen LogP contribution in [0.15, 0.2) is 18.2 Å². The molecule has 1 heterocycles. The van der Waals surface area contributed by atoms with Gasteiger partial charge in [0.15, 0.2) is 0 Å². The first-order chi connectivity index (χ1) is 9.90. The maximum absolute atomic E-state index is 12.5. The molecule has 2 amide bonds. The van der Waals surface area contributed by atoms with Gasteiger partial charge in [0.05, 0.1) is 17.0 Å². The normalized spacial score (nSPS) is 18.3. The molecule has 112 valence electrons. The van der Waals surface area contributed by atoms with Crippen molar-refractivity contribution in [2.24, 2.45) is 0 Å². The van der Waals surface area contributed by atoms with Crippen LogP contribution < -0.4 is 5.32 Å². The van der Waals surface area contributed by atoms with Crippen LogP contribution in [0, 0.1) is 6.92 Å². The third-order valence-corrected chi connectivity index (χ3v) is 3.63. The molecule has 1 aliphatic rings. The quantitative estimate of drug-likeness (QED) is 0.874. The Hall–Kier alpha value is -2.08. The number of rotatable bonds is 3. The van der Waals surface area contributed by atoms with Crippen LogP contribution in [-0.4, -0.2) is 46.9 Å². The Kier molecular flexibility index (Phi) is 4.47. The number of piperazine rings is 1. The Morgan fingerprint density at radius 3 is 2.81 bits per heavy atom. The predicted octanol–water partition coefficient (Wildman–Crippen LogP) is 1.06. The van der Waals surface area contributed by atoms with Crippen molar-refractivity contribution in [2.75, 3.05) is 13.1 Å². The summed E-state index contributed by atoms with van der Waals surface area (Å²) in [6, 6.07) is 3.98. The highest BCUT2D eigenvalue weighted by atomic mass is 35.5. The minimum atomic E-state index is -1.13. The number of halogens is 1. The van der Waals surface area contributed by atoms with Crippen molar-refractivity contribution in [1.29, 1.82) is 0 Å². The molecule has 1 atom stereocenters. The highest BCUT2D eigenvalue weighted by Gasteiger charge is 2.35. The van der Waals surface area contributed by atoms with Crippen LogP contribution >= 0.6 is 11.6 Å². The zero-order valence-corrected chi connectivity index (χ0v) is 12.2. The fourth-order valence-corrected chi connectivity index (χ4v) is 2.59. The van der Waals surface area contributed by atoms with Crippen LogP contribution in [0.25, 0.3) is 0 Å². The van der Waals surface area contributed by atoms with Gasteiger partial charge in [0, 0.05) is 13.1 Å². The van der Waals surface area contributed by atoms with Crippen LogP contribution in [0.5, 0.6) is 0 Å². The number of hydrogen-bond donors (Lipinski definition) is 2. The van der Waals surface area contributed by atoms with Crippen molar-refractivity contribution in [3.63, 3.8) is 0 Å². The summed E-state index contributed by atoms with van der Waals surface area (Å²) in [6.07, 6.45) is -0.430. The van der Waals surface area contributed by atoms with E-state index in [1.165, 1.54) is 4.90 Å². The third kappa shape index (κ3) is 3.33. The second-order valence-electron chi connectivity index (χ2n) is 4.89. The monoisotopic (exact) mass is 310 g/mol. The number of nitrogens with zero attached hydrogens (tertiary/aromatic N) is 1. The Labute approximate surface area is 126 Å². The number of amides is 2. The number of carbonyl (C=O) groups excluding carboxylic acids is 2. The lowest BCUT2D eigenvalue weighted by Gasteiger charge is -2.34. The summed E-state index contributed by atoms with van der Waals surface area (Å²) < 4.78 is 0. The third-order valence-electron chi connectivity index (χ3n) is 3.31. The number of hydrogen-bond acceptors (Lipinski definition) is 3. The van der Waals surface area contributed by atoms with E-state index in [0.717, 1.165) is 5.56 Å². The van der Waals surface area contributed by atoms with Gasteiger partial charge in [-0.05, 0) is 24.6 Å². The van der Waals surface area contributed by atoms with Gasteiger partial charge < -0.3 is 15.3 Å². The maximum atomic E-state index is 12.5. The number of carbonyl (C=O) groups is 3. The van der Waals surface area contributed by atoms with E-state index in [0.29, 0.717) is 11.6 Å². The highest BCUT2D eigenvalue weighted by molar-refractivity contribution is 6.34. The number of carboxylic acid groups (broad SMARTS) is 1. The van der Waals surface area contributed by atoms with Gasteiger partial charge in [-0.25, -0.2) is 0 Å². The Balaban J connectivity index is 2.30. The minimum absolute atomic E-state index is 0.257. The number of carboxylic acids is 1. The summed E-state index contributed by atoms with van der Waals surface area (Å²) in [7, 11) is 0. The van der Waals surface area contributed by atoms with Crippen molar-refractivity contribution in [2.45, 2.75) is 19.4 Å². The zero-order valence-electron chi connectivity index (χ0n) is 11.4. The summed E-state index contributed by atoms with van der Waals surface area (Å²) in [6.45, 7) is 2.40. The Bertz CT molecular complexity index is 603. The van der Waals surface area contributed by atoms with Crippen molar-refractivity contribution in [3.05, 3.63) is 34.3 Å². The molecule has 6 nitrogen and oxygen atoms in total. The average molecular weight is 311 g/mol. The lowest BCUT2D eigenvalue weighted by Crippen LogP contribution is -2.57.